The zero-order valence-electron chi connectivity index (χ0n) is 18.9. The summed E-state index contributed by atoms with van der Waals surface area (Å²) in [6.07, 6.45) is 6.04. The van der Waals surface area contributed by atoms with E-state index in [1.54, 1.807) is 0 Å². The van der Waals surface area contributed by atoms with E-state index in [2.05, 4.69) is 59.2 Å². The van der Waals surface area contributed by atoms with E-state index in [-0.39, 0.29) is 5.97 Å². The first kappa shape index (κ1) is 20.0. The van der Waals surface area contributed by atoms with Gasteiger partial charge in [0.05, 0.1) is 18.4 Å². The summed E-state index contributed by atoms with van der Waals surface area (Å²) in [5, 5.41) is 0. The van der Waals surface area contributed by atoms with Crippen LogP contribution in [0.15, 0.2) is 78.9 Å². The number of carbonyl (C=O) groups is 1. The summed E-state index contributed by atoms with van der Waals surface area (Å²) in [5.41, 5.74) is 10.8. The molecule has 0 radical (unpaired) electrons. The van der Waals surface area contributed by atoms with Gasteiger partial charge in [-0.25, -0.2) is 4.79 Å². The van der Waals surface area contributed by atoms with E-state index in [0.29, 0.717) is 5.56 Å². The van der Waals surface area contributed by atoms with Crippen molar-refractivity contribution >= 4 is 5.97 Å². The summed E-state index contributed by atoms with van der Waals surface area (Å²) in [7, 11) is 1.43. The van der Waals surface area contributed by atoms with Gasteiger partial charge < -0.3 is 9.30 Å². The lowest BCUT2D eigenvalue weighted by atomic mass is 9.78. The molecule has 0 spiro atoms. The number of esters is 1. The van der Waals surface area contributed by atoms with Crippen molar-refractivity contribution < 1.29 is 9.53 Å². The van der Waals surface area contributed by atoms with Crippen molar-refractivity contribution in [2.45, 2.75) is 38.0 Å². The predicted octanol–water partition coefficient (Wildman–Crippen LogP) is 6.96. The molecule has 164 valence electrons. The Bertz CT molecular complexity index is 1350. The first-order valence-corrected chi connectivity index (χ1v) is 11.8. The first-order valence-electron chi connectivity index (χ1n) is 11.8. The Balaban J connectivity index is 1.53. The smallest absolute Gasteiger partial charge is 0.337 e. The monoisotopic (exact) mass is 433 g/mol. The van der Waals surface area contributed by atoms with Crippen molar-refractivity contribution in [2.24, 2.45) is 0 Å². The summed E-state index contributed by atoms with van der Waals surface area (Å²) >= 11 is 0. The quantitative estimate of drug-likeness (QED) is 0.326. The fourth-order valence-corrected chi connectivity index (χ4v) is 5.37. The molecule has 0 unspecified atom stereocenters. The van der Waals surface area contributed by atoms with Crippen LogP contribution in [0.25, 0.3) is 28.1 Å². The van der Waals surface area contributed by atoms with Crippen LogP contribution in [-0.2, 0) is 17.6 Å². The van der Waals surface area contributed by atoms with Gasteiger partial charge in [-0.3, -0.25) is 0 Å². The Hall–Kier alpha value is -3.59. The highest BCUT2D eigenvalue weighted by molar-refractivity contribution is 5.90. The van der Waals surface area contributed by atoms with E-state index in [1.165, 1.54) is 59.9 Å². The number of rotatable bonds is 4. The molecule has 0 bridgehead atoms. The van der Waals surface area contributed by atoms with E-state index in [4.69, 9.17) is 4.74 Å². The van der Waals surface area contributed by atoms with Gasteiger partial charge in [-0.05, 0) is 78.1 Å². The summed E-state index contributed by atoms with van der Waals surface area (Å²) in [4.78, 5) is 12.2. The molecule has 0 N–H and O–H groups in total. The highest BCUT2D eigenvalue weighted by Crippen LogP contribution is 2.43. The van der Waals surface area contributed by atoms with Crippen LogP contribution in [0.4, 0.5) is 0 Å². The number of ether oxygens (including phenoxy) is 1. The van der Waals surface area contributed by atoms with Crippen molar-refractivity contribution in [3.63, 3.8) is 0 Å². The highest BCUT2D eigenvalue weighted by atomic mass is 16.5. The van der Waals surface area contributed by atoms with Crippen molar-refractivity contribution in [3.05, 3.63) is 101 Å². The third-order valence-electron chi connectivity index (χ3n) is 7.32. The molecule has 3 heteroatoms. The average Bonchev–Trinajstić information content (AvgIpc) is 3.23. The SMILES string of the molecule is COC(=O)c1cccc(-n2c(-c3ccccc3)cc3c2CCc2cc(C4CCC4)ccc2-3)c1. The number of aryl methyl sites for hydroxylation is 1. The van der Waals surface area contributed by atoms with Crippen LogP contribution in [-0.4, -0.2) is 17.6 Å². The van der Waals surface area contributed by atoms with Crippen LogP contribution in [0.5, 0.6) is 0 Å². The van der Waals surface area contributed by atoms with Crippen LogP contribution in [0, 0.1) is 0 Å². The lowest BCUT2D eigenvalue weighted by molar-refractivity contribution is 0.0600. The maximum atomic E-state index is 12.2. The minimum atomic E-state index is -0.312. The van der Waals surface area contributed by atoms with Gasteiger partial charge in [0.15, 0.2) is 0 Å². The molecule has 0 saturated heterocycles. The van der Waals surface area contributed by atoms with Crippen LogP contribution < -0.4 is 0 Å². The summed E-state index contributed by atoms with van der Waals surface area (Å²) in [5.74, 6) is 0.440. The Morgan fingerprint density at radius 3 is 2.48 bits per heavy atom. The predicted molar refractivity (Wildman–Crippen MR) is 132 cm³/mol. The molecule has 4 aromatic rings. The second kappa shape index (κ2) is 8.08. The van der Waals surface area contributed by atoms with E-state index in [9.17, 15) is 4.79 Å². The van der Waals surface area contributed by atoms with Crippen molar-refractivity contribution in [1.82, 2.24) is 4.57 Å². The molecule has 3 nitrogen and oxygen atoms in total. The van der Waals surface area contributed by atoms with Gasteiger partial charge in [0.1, 0.15) is 0 Å². The third-order valence-corrected chi connectivity index (χ3v) is 7.32. The minimum absolute atomic E-state index is 0.312. The fraction of sp³-hybridized carbons (Fsp3) is 0.233. The van der Waals surface area contributed by atoms with Crippen molar-refractivity contribution in [3.8, 4) is 28.1 Å². The largest absolute Gasteiger partial charge is 0.465 e. The topological polar surface area (TPSA) is 31.2 Å². The number of aromatic nitrogens is 1. The first-order chi connectivity index (χ1) is 16.2. The Labute approximate surface area is 194 Å². The Morgan fingerprint density at radius 1 is 0.879 bits per heavy atom. The van der Waals surface area contributed by atoms with Gasteiger partial charge in [0, 0.05) is 16.9 Å². The molecular formula is C30H27NO2. The van der Waals surface area contributed by atoms with Gasteiger partial charge in [-0.1, -0.05) is 61.0 Å². The summed E-state index contributed by atoms with van der Waals surface area (Å²) in [6, 6.07) is 27.7. The van der Waals surface area contributed by atoms with Gasteiger partial charge >= 0.3 is 5.97 Å². The zero-order chi connectivity index (χ0) is 22.4. The molecule has 33 heavy (non-hydrogen) atoms. The average molecular weight is 434 g/mol. The number of benzene rings is 3. The molecular weight excluding hydrogens is 406 g/mol. The van der Waals surface area contributed by atoms with Crippen LogP contribution in [0.2, 0.25) is 0 Å². The van der Waals surface area contributed by atoms with E-state index < -0.39 is 0 Å². The molecule has 0 atom stereocenters. The van der Waals surface area contributed by atoms with E-state index in [1.807, 2.05) is 24.3 Å². The molecule has 2 aliphatic carbocycles. The standard InChI is InChI=1S/C30H27NO2/c1-33-30(32)24-11-6-12-25(18-24)31-28-16-14-23-17-22(20-9-5-10-20)13-15-26(23)27(28)19-29(31)21-7-3-2-4-8-21/h2-4,6-8,11-13,15,17-20H,5,9-10,14,16H2,1H3. The molecule has 1 saturated carbocycles. The number of nitrogens with zero attached hydrogens (tertiary/aromatic N) is 1. The fourth-order valence-electron chi connectivity index (χ4n) is 5.37. The van der Waals surface area contributed by atoms with Crippen molar-refractivity contribution in [1.29, 1.82) is 0 Å². The molecule has 0 aliphatic heterocycles. The molecule has 1 fully saturated rings. The lowest BCUT2D eigenvalue weighted by Gasteiger charge is -2.28. The van der Waals surface area contributed by atoms with E-state index in [0.717, 1.165) is 30.1 Å². The van der Waals surface area contributed by atoms with Gasteiger partial charge in [0.2, 0.25) is 0 Å². The summed E-state index contributed by atoms with van der Waals surface area (Å²) < 4.78 is 7.31. The molecule has 0 amide bonds. The minimum Gasteiger partial charge on any atom is -0.465 e. The van der Waals surface area contributed by atoms with Crippen LogP contribution >= 0.6 is 0 Å². The number of fused-ring (bicyclic) bond motifs is 3. The molecule has 2 aliphatic rings. The number of hydrogen-bond acceptors (Lipinski definition) is 2. The maximum absolute atomic E-state index is 12.2. The van der Waals surface area contributed by atoms with Gasteiger partial charge in [0.25, 0.3) is 0 Å². The molecule has 1 heterocycles. The highest BCUT2D eigenvalue weighted by Gasteiger charge is 2.26. The molecule has 1 aromatic heterocycles. The molecule has 3 aromatic carbocycles. The lowest BCUT2D eigenvalue weighted by Crippen LogP contribution is -2.12. The van der Waals surface area contributed by atoms with Crippen molar-refractivity contribution in [2.75, 3.05) is 7.11 Å². The number of hydrogen-bond donors (Lipinski definition) is 0. The van der Waals surface area contributed by atoms with Crippen LogP contribution in [0.1, 0.15) is 52.4 Å². The summed E-state index contributed by atoms with van der Waals surface area (Å²) in [6.45, 7) is 0. The second-order valence-electron chi connectivity index (χ2n) is 9.18. The number of carbonyl (C=O) groups excluding carboxylic acids is 1. The van der Waals surface area contributed by atoms with Gasteiger partial charge in [-0.15, -0.1) is 0 Å². The zero-order valence-corrected chi connectivity index (χ0v) is 18.9. The van der Waals surface area contributed by atoms with E-state index >= 15 is 0 Å². The number of methoxy groups -OCH3 is 1. The Kier molecular flexibility index (Phi) is 4.91. The third kappa shape index (κ3) is 3.39. The molecule has 6 rings (SSSR count). The van der Waals surface area contributed by atoms with Crippen LogP contribution in [0.3, 0.4) is 0 Å². The second-order valence-corrected chi connectivity index (χ2v) is 9.18. The maximum Gasteiger partial charge on any atom is 0.337 e. The normalized spacial score (nSPS) is 14.8. The van der Waals surface area contributed by atoms with Gasteiger partial charge in [-0.2, -0.15) is 0 Å². The Morgan fingerprint density at radius 2 is 1.73 bits per heavy atom.